The van der Waals surface area contributed by atoms with Crippen molar-refractivity contribution in [1.82, 2.24) is 0 Å². The van der Waals surface area contributed by atoms with Gasteiger partial charge in [0.1, 0.15) is 0 Å². The molecule has 0 aromatic heterocycles. The summed E-state index contributed by atoms with van der Waals surface area (Å²) in [7, 11) is 0. The summed E-state index contributed by atoms with van der Waals surface area (Å²) in [5.41, 5.74) is 3.40. The second-order valence-electron chi connectivity index (χ2n) is 9.52. The molecule has 2 nitrogen and oxygen atoms in total. The SMILES string of the molecule is CCOC(CC)CCCCC1C=C(C2=CC(CCCCC(CC)OCC)CC2)CC1. The fourth-order valence-electron chi connectivity index (χ4n) is 5.41. The lowest BCUT2D eigenvalue weighted by Gasteiger charge is -2.15. The highest BCUT2D eigenvalue weighted by Crippen LogP contribution is 2.39. The lowest BCUT2D eigenvalue weighted by Crippen LogP contribution is -2.11. The molecule has 0 heterocycles. The minimum Gasteiger partial charge on any atom is -0.379 e. The monoisotopic (exact) mass is 418 g/mol. The van der Waals surface area contributed by atoms with Crippen LogP contribution < -0.4 is 0 Å². The summed E-state index contributed by atoms with van der Waals surface area (Å²) in [5, 5.41) is 0. The molecule has 174 valence electrons. The van der Waals surface area contributed by atoms with Crippen molar-refractivity contribution in [2.45, 2.75) is 130 Å². The highest BCUT2D eigenvalue weighted by Gasteiger charge is 2.23. The van der Waals surface area contributed by atoms with E-state index < -0.39 is 0 Å². The van der Waals surface area contributed by atoms with Crippen LogP contribution in [0.15, 0.2) is 23.3 Å². The third-order valence-corrected chi connectivity index (χ3v) is 7.27. The Labute approximate surface area is 187 Å². The van der Waals surface area contributed by atoms with Gasteiger partial charge in [-0.2, -0.15) is 0 Å². The van der Waals surface area contributed by atoms with Crippen LogP contribution in [-0.4, -0.2) is 25.4 Å². The van der Waals surface area contributed by atoms with E-state index in [4.69, 9.17) is 9.47 Å². The summed E-state index contributed by atoms with van der Waals surface area (Å²) in [4.78, 5) is 0. The maximum atomic E-state index is 5.80. The number of unbranched alkanes of at least 4 members (excludes halogenated alkanes) is 2. The van der Waals surface area contributed by atoms with Gasteiger partial charge >= 0.3 is 0 Å². The molecule has 2 aliphatic rings. The molecular formula is C28H50O2. The zero-order valence-electron chi connectivity index (χ0n) is 20.6. The number of ether oxygens (including phenoxy) is 2. The molecule has 0 aliphatic heterocycles. The van der Waals surface area contributed by atoms with Gasteiger partial charge in [0.2, 0.25) is 0 Å². The van der Waals surface area contributed by atoms with E-state index in [-0.39, 0.29) is 0 Å². The van der Waals surface area contributed by atoms with Crippen molar-refractivity contribution in [1.29, 1.82) is 0 Å². The van der Waals surface area contributed by atoms with Crippen LogP contribution in [0.5, 0.6) is 0 Å². The highest BCUT2D eigenvalue weighted by atomic mass is 16.5. The lowest BCUT2D eigenvalue weighted by atomic mass is 9.99. The molecule has 0 fully saturated rings. The molecule has 2 rings (SSSR count). The fraction of sp³-hybridized carbons (Fsp3) is 0.857. The molecule has 0 spiro atoms. The summed E-state index contributed by atoms with van der Waals surface area (Å²) < 4.78 is 11.6. The zero-order chi connectivity index (χ0) is 21.6. The minimum absolute atomic E-state index is 0.484. The predicted molar refractivity (Wildman–Crippen MR) is 130 cm³/mol. The van der Waals surface area contributed by atoms with Crippen LogP contribution in [0.3, 0.4) is 0 Å². The van der Waals surface area contributed by atoms with Crippen LogP contribution >= 0.6 is 0 Å². The van der Waals surface area contributed by atoms with Crippen LogP contribution in [0.1, 0.15) is 118 Å². The topological polar surface area (TPSA) is 18.5 Å². The Kier molecular flexibility index (Phi) is 13.0. The van der Waals surface area contributed by atoms with Gasteiger partial charge in [-0.3, -0.25) is 0 Å². The Balaban J connectivity index is 1.64. The number of rotatable bonds is 17. The third-order valence-electron chi connectivity index (χ3n) is 7.27. The second-order valence-corrected chi connectivity index (χ2v) is 9.52. The Hall–Kier alpha value is -0.600. The standard InChI is InChI=1S/C28H50O2/c1-5-27(29-7-3)15-11-9-13-23-17-19-25(21-23)26-20-18-24(22-26)14-10-12-16-28(6-2)30-8-4/h21-24,27-28H,5-20H2,1-4H3. The molecule has 2 aliphatic carbocycles. The van der Waals surface area contributed by atoms with Crippen molar-refractivity contribution in [3.63, 3.8) is 0 Å². The first kappa shape index (κ1) is 25.7. The maximum absolute atomic E-state index is 5.80. The normalized spacial score (nSPS) is 23.5. The molecule has 4 unspecified atom stereocenters. The van der Waals surface area contributed by atoms with E-state index in [1.54, 1.807) is 11.1 Å². The van der Waals surface area contributed by atoms with Crippen molar-refractivity contribution in [2.24, 2.45) is 11.8 Å². The van der Waals surface area contributed by atoms with Crippen LogP contribution in [0, 0.1) is 11.8 Å². The average Bonchev–Trinajstić information content (AvgIpc) is 3.42. The first-order chi connectivity index (χ1) is 14.7. The number of hydrogen-bond donors (Lipinski definition) is 0. The van der Waals surface area contributed by atoms with Crippen molar-refractivity contribution in [2.75, 3.05) is 13.2 Å². The second kappa shape index (κ2) is 15.2. The van der Waals surface area contributed by atoms with E-state index in [0.717, 1.165) is 37.9 Å². The summed E-state index contributed by atoms with van der Waals surface area (Å²) >= 11 is 0. The average molecular weight is 419 g/mol. The predicted octanol–water partition coefficient (Wildman–Crippen LogP) is 8.41. The Bertz CT molecular complexity index is 461. The Morgan fingerprint density at radius 2 is 1.13 bits per heavy atom. The molecule has 0 N–H and O–H groups in total. The summed E-state index contributed by atoms with van der Waals surface area (Å²) in [6.45, 7) is 10.4. The van der Waals surface area contributed by atoms with E-state index in [9.17, 15) is 0 Å². The van der Waals surface area contributed by atoms with Gasteiger partial charge in [-0.25, -0.2) is 0 Å². The number of hydrogen-bond acceptors (Lipinski definition) is 2. The van der Waals surface area contributed by atoms with Crippen LogP contribution in [0.2, 0.25) is 0 Å². The van der Waals surface area contributed by atoms with Gasteiger partial charge in [0.05, 0.1) is 12.2 Å². The molecule has 4 atom stereocenters. The minimum atomic E-state index is 0.484. The zero-order valence-corrected chi connectivity index (χ0v) is 20.6. The molecule has 0 saturated heterocycles. The van der Waals surface area contributed by atoms with Gasteiger partial charge < -0.3 is 9.47 Å². The molecule has 0 bridgehead atoms. The third kappa shape index (κ3) is 9.27. The number of allylic oxidation sites excluding steroid dienone is 4. The van der Waals surface area contributed by atoms with Gasteiger partial charge in [-0.15, -0.1) is 0 Å². The molecule has 30 heavy (non-hydrogen) atoms. The molecular weight excluding hydrogens is 368 g/mol. The Morgan fingerprint density at radius 3 is 1.50 bits per heavy atom. The van der Waals surface area contributed by atoms with E-state index in [1.807, 2.05) is 0 Å². The van der Waals surface area contributed by atoms with E-state index in [1.165, 1.54) is 77.0 Å². The van der Waals surface area contributed by atoms with Crippen molar-refractivity contribution < 1.29 is 9.47 Å². The molecule has 0 aromatic carbocycles. The molecule has 0 amide bonds. The van der Waals surface area contributed by atoms with Gasteiger partial charge in [-0.1, -0.05) is 51.7 Å². The summed E-state index contributed by atoms with van der Waals surface area (Å²) in [6.07, 6.45) is 24.6. The maximum Gasteiger partial charge on any atom is 0.0572 e. The van der Waals surface area contributed by atoms with Crippen molar-refractivity contribution in [3.8, 4) is 0 Å². The molecule has 0 saturated carbocycles. The van der Waals surface area contributed by atoms with Crippen LogP contribution in [-0.2, 0) is 9.47 Å². The highest BCUT2D eigenvalue weighted by molar-refractivity contribution is 5.36. The molecule has 2 heteroatoms. The summed E-state index contributed by atoms with van der Waals surface area (Å²) in [6, 6.07) is 0. The largest absolute Gasteiger partial charge is 0.379 e. The van der Waals surface area contributed by atoms with Crippen LogP contribution in [0.25, 0.3) is 0 Å². The van der Waals surface area contributed by atoms with Gasteiger partial charge in [0.15, 0.2) is 0 Å². The Morgan fingerprint density at radius 1 is 0.700 bits per heavy atom. The van der Waals surface area contributed by atoms with E-state index in [2.05, 4.69) is 39.8 Å². The van der Waals surface area contributed by atoms with Gasteiger partial charge in [0.25, 0.3) is 0 Å². The summed E-state index contributed by atoms with van der Waals surface area (Å²) in [5.74, 6) is 1.66. The first-order valence-electron chi connectivity index (χ1n) is 13.3. The fourth-order valence-corrected chi connectivity index (χ4v) is 5.41. The first-order valence-corrected chi connectivity index (χ1v) is 13.3. The molecule has 0 aromatic rings. The molecule has 0 radical (unpaired) electrons. The van der Waals surface area contributed by atoms with Crippen molar-refractivity contribution in [3.05, 3.63) is 23.3 Å². The van der Waals surface area contributed by atoms with E-state index >= 15 is 0 Å². The lowest BCUT2D eigenvalue weighted by molar-refractivity contribution is 0.0520. The van der Waals surface area contributed by atoms with Crippen LogP contribution in [0.4, 0.5) is 0 Å². The van der Waals surface area contributed by atoms with Gasteiger partial charge in [0, 0.05) is 13.2 Å². The smallest absolute Gasteiger partial charge is 0.0572 e. The van der Waals surface area contributed by atoms with E-state index in [0.29, 0.717) is 12.2 Å². The van der Waals surface area contributed by atoms with Crippen molar-refractivity contribution >= 4 is 0 Å². The quantitative estimate of drug-likeness (QED) is 0.221. The van der Waals surface area contributed by atoms with Gasteiger partial charge in [-0.05, 0) is 101 Å².